The Bertz CT molecular complexity index is 667. The summed E-state index contributed by atoms with van der Waals surface area (Å²) in [5.41, 5.74) is 1.18. The lowest BCUT2D eigenvalue weighted by Gasteiger charge is -2.44. The van der Waals surface area contributed by atoms with Crippen LogP contribution in [0.15, 0.2) is 39.5 Å². The molecule has 20 heavy (non-hydrogen) atoms. The molecule has 0 aliphatic heterocycles. The summed E-state index contributed by atoms with van der Waals surface area (Å²) >= 11 is 0. The second kappa shape index (κ2) is 4.89. The van der Waals surface area contributed by atoms with Crippen molar-refractivity contribution in [2.24, 2.45) is 0 Å². The van der Waals surface area contributed by atoms with Gasteiger partial charge in [-0.1, -0.05) is 57.5 Å². The van der Waals surface area contributed by atoms with Crippen molar-refractivity contribution < 1.29 is 4.42 Å². The molecule has 0 N–H and O–H groups in total. The van der Waals surface area contributed by atoms with E-state index in [4.69, 9.17) is 4.42 Å². The third-order valence-corrected chi connectivity index (χ3v) is 10.4. The molecule has 3 nitrogen and oxygen atoms in total. The fraction of sp³-hybridized carbons (Fsp3) is 0.400. The maximum absolute atomic E-state index is 12.4. The van der Waals surface area contributed by atoms with Gasteiger partial charge in [0.05, 0.1) is 0 Å². The first kappa shape index (κ1) is 15.1. The van der Waals surface area contributed by atoms with Gasteiger partial charge in [-0.25, -0.2) is 4.79 Å². The van der Waals surface area contributed by atoms with Crippen LogP contribution in [0.1, 0.15) is 0 Å². The van der Waals surface area contributed by atoms with Crippen LogP contribution < -0.4 is 9.86 Å². The number of anilines is 1. The van der Waals surface area contributed by atoms with Crippen LogP contribution in [0.4, 0.5) is 5.69 Å². The van der Waals surface area contributed by atoms with E-state index in [1.807, 2.05) is 30.3 Å². The van der Waals surface area contributed by atoms with Crippen LogP contribution in [0.3, 0.4) is 0 Å². The van der Waals surface area contributed by atoms with Gasteiger partial charge in [-0.2, -0.15) is 0 Å². The highest BCUT2D eigenvalue weighted by molar-refractivity contribution is 6.99. The number of nitrogens with zero attached hydrogens (tertiary/aromatic N) is 1. The van der Waals surface area contributed by atoms with E-state index in [0.717, 1.165) is 11.1 Å². The summed E-state index contributed by atoms with van der Waals surface area (Å²) < 4.78 is 7.91. The van der Waals surface area contributed by atoms with Crippen molar-refractivity contribution in [2.45, 2.75) is 39.3 Å². The maximum atomic E-state index is 12.4. The lowest BCUT2D eigenvalue weighted by atomic mass is 10.2. The Morgan fingerprint density at radius 3 is 2.05 bits per heavy atom. The SMILES string of the molecule is C[Si](C)(C)N(c1cc2ccccc2oc1=O)[Si](C)(C)C. The van der Waals surface area contributed by atoms with Crippen LogP contribution in [0.5, 0.6) is 0 Å². The molecule has 0 saturated heterocycles. The van der Waals surface area contributed by atoms with E-state index < -0.39 is 16.5 Å². The van der Waals surface area contributed by atoms with Crippen LogP contribution in [-0.2, 0) is 0 Å². The highest BCUT2D eigenvalue weighted by Crippen LogP contribution is 2.28. The number of hydrogen-bond acceptors (Lipinski definition) is 3. The molecule has 0 amide bonds. The third kappa shape index (κ3) is 2.88. The average molecular weight is 306 g/mol. The van der Waals surface area contributed by atoms with Crippen LogP contribution in [0, 0.1) is 0 Å². The zero-order valence-electron chi connectivity index (χ0n) is 13.2. The van der Waals surface area contributed by atoms with Crippen molar-refractivity contribution in [1.29, 1.82) is 0 Å². The number of fused-ring (bicyclic) bond motifs is 1. The normalized spacial score (nSPS) is 12.7. The zero-order chi connectivity index (χ0) is 15.1. The van der Waals surface area contributed by atoms with E-state index >= 15 is 0 Å². The summed E-state index contributed by atoms with van der Waals surface area (Å²) in [7, 11) is -3.29. The van der Waals surface area contributed by atoms with Crippen molar-refractivity contribution in [3.8, 4) is 0 Å². The highest BCUT2D eigenvalue weighted by Gasteiger charge is 2.36. The Morgan fingerprint density at radius 2 is 1.50 bits per heavy atom. The van der Waals surface area contributed by atoms with Crippen molar-refractivity contribution in [1.82, 2.24) is 0 Å². The molecule has 108 valence electrons. The first-order valence-corrected chi connectivity index (χ1v) is 13.8. The van der Waals surface area contributed by atoms with Crippen molar-refractivity contribution in [3.63, 3.8) is 0 Å². The van der Waals surface area contributed by atoms with Gasteiger partial charge in [0, 0.05) is 5.39 Å². The molecular weight excluding hydrogens is 282 g/mol. The molecule has 1 aromatic heterocycles. The summed E-state index contributed by atoms with van der Waals surface area (Å²) in [4.78, 5) is 12.4. The Hall–Kier alpha value is -1.34. The average Bonchev–Trinajstić information content (AvgIpc) is 2.26. The number of rotatable bonds is 3. The second-order valence-corrected chi connectivity index (χ2v) is 17.2. The Balaban J connectivity index is 2.72. The molecule has 0 saturated carbocycles. The predicted octanol–water partition coefficient (Wildman–Crippen LogP) is 4.27. The lowest BCUT2D eigenvalue weighted by molar-refractivity contribution is 0.563. The van der Waals surface area contributed by atoms with Crippen LogP contribution >= 0.6 is 0 Å². The van der Waals surface area contributed by atoms with Crippen molar-refractivity contribution in [3.05, 3.63) is 40.8 Å². The molecule has 1 aromatic carbocycles. The van der Waals surface area contributed by atoms with E-state index in [1.54, 1.807) is 0 Å². The summed E-state index contributed by atoms with van der Waals surface area (Å²) in [6, 6.07) is 9.69. The summed E-state index contributed by atoms with van der Waals surface area (Å²) in [6.45, 7) is 13.7. The summed E-state index contributed by atoms with van der Waals surface area (Å²) in [5, 5.41) is 0.989. The monoisotopic (exact) mass is 305 g/mol. The molecular formula is C15H23NO2Si2. The molecule has 0 radical (unpaired) electrons. The Morgan fingerprint density at radius 1 is 0.950 bits per heavy atom. The van der Waals surface area contributed by atoms with Gasteiger partial charge in [0.1, 0.15) is 27.7 Å². The molecule has 1 heterocycles. The van der Waals surface area contributed by atoms with Gasteiger partial charge in [-0.15, -0.1) is 0 Å². The molecule has 2 rings (SSSR count). The number of para-hydroxylation sites is 1. The molecule has 0 atom stereocenters. The number of benzene rings is 1. The highest BCUT2D eigenvalue weighted by atomic mass is 28.4. The van der Waals surface area contributed by atoms with Crippen LogP contribution in [0.2, 0.25) is 39.3 Å². The van der Waals surface area contributed by atoms with E-state index in [0.29, 0.717) is 5.58 Å². The standard InChI is InChI=1S/C15H23NO2Si2/c1-19(2,3)16(20(4,5)6)13-11-12-9-7-8-10-14(12)18-15(13)17/h7-11H,1-6H3. The minimum absolute atomic E-state index is 0.214. The minimum Gasteiger partial charge on any atom is -0.421 e. The lowest BCUT2D eigenvalue weighted by Crippen LogP contribution is -2.60. The minimum atomic E-state index is -1.65. The molecule has 0 bridgehead atoms. The van der Waals surface area contributed by atoms with Gasteiger partial charge >= 0.3 is 5.63 Å². The van der Waals surface area contributed by atoms with E-state index in [-0.39, 0.29) is 5.63 Å². The van der Waals surface area contributed by atoms with Gasteiger partial charge in [0.15, 0.2) is 0 Å². The molecule has 0 spiro atoms. The van der Waals surface area contributed by atoms with Gasteiger partial charge in [-0.3, -0.25) is 0 Å². The molecule has 5 heteroatoms. The predicted molar refractivity (Wildman–Crippen MR) is 91.7 cm³/mol. The largest absolute Gasteiger partial charge is 0.421 e. The molecule has 2 aromatic rings. The quantitative estimate of drug-likeness (QED) is 0.627. The van der Waals surface area contributed by atoms with Gasteiger partial charge < -0.3 is 8.65 Å². The van der Waals surface area contributed by atoms with Crippen molar-refractivity contribution in [2.75, 3.05) is 4.23 Å². The smallest absolute Gasteiger partial charge is 0.358 e. The molecule has 0 aliphatic carbocycles. The summed E-state index contributed by atoms with van der Waals surface area (Å²) in [5.74, 6) is 0. The topological polar surface area (TPSA) is 33.5 Å². The maximum Gasteiger partial charge on any atom is 0.358 e. The van der Waals surface area contributed by atoms with Crippen LogP contribution in [-0.4, -0.2) is 16.5 Å². The third-order valence-electron chi connectivity index (χ3n) is 3.21. The van der Waals surface area contributed by atoms with E-state index in [9.17, 15) is 4.79 Å². The van der Waals surface area contributed by atoms with E-state index in [1.165, 1.54) is 0 Å². The van der Waals surface area contributed by atoms with E-state index in [2.05, 4.69) is 43.5 Å². The molecule has 0 fully saturated rings. The van der Waals surface area contributed by atoms with Gasteiger partial charge in [-0.05, 0) is 12.1 Å². The van der Waals surface area contributed by atoms with Gasteiger partial charge in [0.25, 0.3) is 0 Å². The fourth-order valence-corrected chi connectivity index (χ4v) is 12.7. The zero-order valence-corrected chi connectivity index (χ0v) is 15.2. The van der Waals surface area contributed by atoms with Gasteiger partial charge in [0.2, 0.25) is 0 Å². The number of hydrogen-bond donors (Lipinski definition) is 0. The Kier molecular flexibility index (Phi) is 3.68. The molecule has 0 unspecified atom stereocenters. The van der Waals surface area contributed by atoms with Crippen LogP contribution in [0.25, 0.3) is 11.0 Å². The first-order valence-electron chi connectivity index (χ1n) is 6.94. The Labute approximate surface area is 122 Å². The fourth-order valence-electron chi connectivity index (χ4n) is 2.94. The second-order valence-electron chi connectivity index (χ2n) is 7.13. The molecule has 0 aliphatic rings. The summed E-state index contributed by atoms with van der Waals surface area (Å²) in [6.07, 6.45) is 0. The van der Waals surface area contributed by atoms with Crippen molar-refractivity contribution >= 4 is 33.1 Å². The first-order chi connectivity index (χ1) is 9.10.